The first-order chi connectivity index (χ1) is 20.4. The van der Waals surface area contributed by atoms with Crippen LogP contribution in [0.15, 0.2) is 52.5 Å². The number of aromatic nitrogens is 2. The van der Waals surface area contributed by atoms with E-state index in [9.17, 15) is 4.79 Å². The summed E-state index contributed by atoms with van der Waals surface area (Å²) >= 11 is 12.5. The van der Waals surface area contributed by atoms with Crippen LogP contribution < -0.4 is 16.2 Å². The molecule has 43 heavy (non-hydrogen) atoms. The van der Waals surface area contributed by atoms with Crippen LogP contribution in [0.25, 0.3) is 10.9 Å². The van der Waals surface area contributed by atoms with E-state index in [1.165, 1.54) is 6.42 Å². The number of fused-ring (bicyclic) bond motifs is 3. The van der Waals surface area contributed by atoms with E-state index in [0.717, 1.165) is 48.6 Å². The second-order valence-corrected chi connectivity index (χ2v) is 14.8. The summed E-state index contributed by atoms with van der Waals surface area (Å²) < 4.78 is 1.69. The van der Waals surface area contributed by atoms with E-state index in [4.69, 9.17) is 33.2 Å². The number of hydrogen-bond donors (Lipinski definition) is 2. The number of halogens is 2. The fourth-order valence-corrected chi connectivity index (χ4v) is 8.39. The van der Waals surface area contributed by atoms with Crippen molar-refractivity contribution >= 4 is 45.8 Å². The highest BCUT2D eigenvalue weighted by atomic mass is 35.5. The molecular weight excluding hydrogens is 579 g/mol. The molecule has 0 radical (unpaired) electrons. The van der Waals surface area contributed by atoms with Gasteiger partial charge in [0.1, 0.15) is 0 Å². The molecular formula is C34H44Cl2N6O. The van der Waals surface area contributed by atoms with Gasteiger partial charge in [0.05, 0.1) is 23.3 Å². The molecule has 1 aliphatic heterocycles. The van der Waals surface area contributed by atoms with Crippen molar-refractivity contribution < 1.29 is 0 Å². The average Bonchev–Trinajstić information content (AvgIpc) is 2.94. The zero-order valence-electron chi connectivity index (χ0n) is 26.1. The molecule has 1 saturated heterocycles. The van der Waals surface area contributed by atoms with Crippen molar-refractivity contribution in [3.05, 3.63) is 68.7 Å². The molecule has 0 amide bonds. The Hall–Kier alpha value is -2.61. The van der Waals surface area contributed by atoms with Crippen LogP contribution in [0, 0.1) is 23.2 Å². The molecule has 2 aromatic carbocycles. The summed E-state index contributed by atoms with van der Waals surface area (Å²) in [6.07, 6.45) is 4.73. The van der Waals surface area contributed by atoms with Crippen LogP contribution >= 0.6 is 23.2 Å². The fourth-order valence-electron chi connectivity index (χ4n) is 7.90. The highest BCUT2D eigenvalue weighted by Gasteiger charge is 2.56. The number of aliphatic imine (C=N–C) groups is 1. The minimum atomic E-state index is -0.120. The van der Waals surface area contributed by atoms with Crippen molar-refractivity contribution in [3.8, 4) is 0 Å². The maximum absolute atomic E-state index is 13.5. The average molecular weight is 624 g/mol. The van der Waals surface area contributed by atoms with Crippen LogP contribution in [0.4, 0.5) is 5.69 Å². The second-order valence-electron chi connectivity index (χ2n) is 14.0. The number of nitrogens with one attached hydrogen (secondary N) is 2. The molecule has 2 N–H and O–H groups in total. The summed E-state index contributed by atoms with van der Waals surface area (Å²) in [6.45, 7) is 15.5. The molecule has 7 atom stereocenters. The van der Waals surface area contributed by atoms with Gasteiger partial charge in [-0.05, 0) is 99.1 Å². The first kappa shape index (κ1) is 30.4. The van der Waals surface area contributed by atoms with Crippen molar-refractivity contribution in [1.29, 1.82) is 0 Å². The third-order valence-corrected chi connectivity index (χ3v) is 11.1. The van der Waals surface area contributed by atoms with Crippen LogP contribution in [0.5, 0.6) is 0 Å². The molecule has 7 nitrogen and oxygen atoms in total. The zero-order valence-corrected chi connectivity index (χ0v) is 27.6. The molecule has 230 valence electrons. The number of guanidine groups is 1. The van der Waals surface area contributed by atoms with Crippen LogP contribution in [0.2, 0.25) is 10.0 Å². The van der Waals surface area contributed by atoms with Gasteiger partial charge in [0, 0.05) is 46.9 Å². The maximum Gasteiger partial charge on any atom is 0.261 e. The van der Waals surface area contributed by atoms with Gasteiger partial charge in [0.15, 0.2) is 5.96 Å². The quantitative estimate of drug-likeness (QED) is 0.236. The number of anilines is 1. The number of hydrogen-bond acceptors (Lipinski definition) is 4. The van der Waals surface area contributed by atoms with Crippen LogP contribution in [0.3, 0.4) is 0 Å². The number of rotatable bonds is 5. The van der Waals surface area contributed by atoms with Crippen LogP contribution in [-0.2, 0) is 6.42 Å². The van der Waals surface area contributed by atoms with Crippen molar-refractivity contribution in [2.24, 2.45) is 28.2 Å². The Bertz CT molecular complexity index is 1590. The Morgan fingerprint density at radius 1 is 1.12 bits per heavy atom. The second kappa shape index (κ2) is 11.7. The Morgan fingerprint density at radius 2 is 1.86 bits per heavy atom. The van der Waals surface area contributed by atoms with E-state index in [-0.39, 0.29) is 11.6 Å². The molecule has 2 heterocycles. The summed E-state index contributed by atoms with van der Waals surface area (Å²) in [5, 5.41) is 9.11. The SMILES string of the molecule is C[C@@H]1[C@@H](N=C(Nc2ccc3c(=O)n([C@H](C)Cc4ccc(Cl)cc4Cl)cnc3c2)N2C[C@@H](C)N[C@@H](C)C2)C[C@H]2C[C@@H]1C2(C)C. The van der Waals surface area contributed by atoms with Gasteiger partial charge in [0.2, 0.25) is 0 Å². The lowest BCUT2D eigenvalue weighted by Gasteiger charge is -2.61. The minimum Gasteiger partial charge on any atom is -0.340 e. The summed E-state index contributed by atoms with van der Waals surface area (Å²) in [4.78, 5) is 26.1. The van der Waals surface area contributed by atoms with Gasteiger partial charge in [-0.3, -0.25) is 9.36 Å². The first-order valence-electron chi connectivity index (χ1n) is 15.7. The molecule has 0 spiro atoms. The summed E-state index contributed by atoms with van der Waals surface area (Å²) in [5.41, 5.74) is 2.86. The topological polar surface area (TPSA) is 74.5 Å². The van der Waals surface area contributed by atoms with Gasteiger partial charge < -0.3 is 15.5 Å². The van der Waals surface area contributed by atoms with Gasteiger partial charge >= 0.3 is 0 Å². The van der Waals surface area contributed by atoms with E-state index in [2.05, 4.69) is 50.2 Å². The Kier molecular flexibility index (Phi) is 8.29. The van der Waals surface area contributed by atoms with E-state index >= 15 is 0 Å². The minimum absolute atomic E-state index is 0.0642. The molecule has 3 saturated carbocycles. The summed E-state index contributed by atoms with van der Waals surface area (Å²) in [5.74, 6) is 2.95. The van der Waals surface area contributed by atoms with Gasteiger partial charge in [-0.2, -0.15) is 0 Å². The number of nitrogens with zero attached hydrogens (tertiary/aromatic N) is 4. The van der Waals surface area contributed by atoms with Crippen LogP contribution in [0.1, 0.15) is 66.0 Å². The van der Waals surface area contributed by atoms with Crippen molar-refractivity contribution in [2.75, 3.05) is 18.4 Å². The molecule has 3 aliphatic carbocycles. The largest absolute Gasteiger partial charge is 0.340 e. The zero-order chi connectivity index (χ0) is 30.6. The van der Waals surface area contributed by atoms with E-state index in [1.54, 1.807) is 17.0 Å². The standard InChI is InChI=1S/C34H44Cl2N6O/c1-19-16-41(17-20(2)38-19)33(40-30-13-24-12-28(22(30)4)34(24,5)6)39-26-9-10-27-31(15-26)37-18-42(32(27)43)21(3)11-23-7-8-25(35)14-29(23)36/h7-10,14-15,18-22,24,28,30,38H,11-13,16-17H2,1-6H3,(H,39,40)/t19-,20+,21-,22+,24-,28+,30+/m1/s1. The predicted molar refractivity (Wildman–Crippen MR) is 179 cm³/mol. The lowest BCUT2D eigenvalue weighted by Crippen LogP contribution is -2.59. The summed E-state index contributed by atoms with van der Waals surface area (Å²) in [6, 6.07) is 12.2. The highest BCUT2D eigenvalue weighted by molar-refractivity contribution is 6.35. The predicted octanol–water partition coefficient (Wildman–Crippen LogP) is 7.03. The molecule has 4 aliphatic rings. The van der Waals surface area contributed by atoms with E-state index in [1.807, 2.05) is 37.3 Å². The third-order valence-electron chi connectivity index (χ3n) is 10.5. The Morgan fingerprint density at radius 3 is 2.53 bits per heavy atom. The van der Waals surface area contributed by atoms with E-state index in [0.29, 0.717) is 56.8 Å². The van der Waals surface area contributed by atoms with Crippen molar-refractivity contribution in [2.45, 2.75) is 85.0 Å². The van der Waals surface area contributed by atoms with E-state index < -0.39 is 0 Å². The molecule has 2 bridgehead atoms. The van der Waals surface area contributed by atoms with Crippen molar-refractivity contribution in [3.63, 3.8) is 0 Å². The molecule has 7 rings (SSSR count). The Labute approximate surface area is 265 Å². The number of piperazine rings is 1. The lowest BCUT2D eigenvalue weighted by molar-refractivity contribution is -0.108. The smallest absolute Gasteiger partial charge is 0.261 e. The molecule has 9 heteroatoms. The van der Waals surface area contributed by atoms with Gasteiger partial charge in [-0.25, -0.2) is 9.98 Å². The normalized spacial score (nSPS) is 29.3. The van der Waals surface area contributed by atoms with Gasteiger partial charge in [-0.1, -0.05) is 50.0 Å². The monoisotopic (exact) mass is 622 g/mol. The van der Waals surface area contributed by atoms with Crippen LogP contribution in [-0.4, -0.2) is 51.6 Å². The molecule has 1 aromatic heterocycles. The maximum atomic E-state index is 13.5. The molecule has 0 unspecified atom stereocenters. The van der Waals surface area contributed by atoms with Gasteiger partial charge in [0.25, 0.3) is 5.56 Å². The lowest BCUT2D eigenvalue weighted by atomic mass is 9.45. The molecule has 4 fully saturated rings. The van der Waals surface area contributed by atoms with Crippen molar-refractivity contribution in [1.82, 2.24) is 19.8 Å². The Balaban J connectivity index is 1.26. The number of benzene rings is 2. The first-order valence-corrected chi connectivity index (χ1v) is 16.5. The molecule has 3 aromatic rings. The fraction of sp³-hybridized carbons (Fsp3) is 0.559. The summed E-state index contributed by atoms with van der Waals surface area (Å²) in [7, 11) is 0. The van der Waals surface area contributed by atoms with Gasteiger partial charge in [-0.15, -0.1) is 0 Å². The highest BCUT2D eigenvalue weighted by Crippen LogP contribution is 2.61. The third kappa shape index (κ3) is 5.93.